The van der Waals surface area contributed by atoms with Gasteiger partial charge in [0, 0.05) is 12.1 Å². The van der Waals surface area contributed by atoms with Crippen LogP contribution in [-0.2, 0) is 4.79 Å². The van der Waals surface area contributed by atoms with Gasteiger partial charge in [-0.2, -0.15) is 13.2 Å². The molecule has 20 heavy (non-hydrogen) atoms. The van der Waals surface area contributed by atoms with Crippen molar-refractivity contribution in [2.24, 2.45) is 0 Å². The Hall–Kier alpha value is -2.32. The SMILES string of the molecule is CC(Oc1ccc([N+](=O)[O-])cc1)C(=O)NCC(F)(F)F. The molecular weight excluding hydrogens is 281 g/mol. The topological polar surface area (TPSA) is 81.5 Å². The van der Waals surface area contributed by atoms with Crippen LogP contribution in [0.5, 0.6) is 5.75 Å². The van der Waals surface area contributed by atoms with Crippen molar-refractivity contribution in [1.29, 1.82) is 0 Å². The third kappa shape index (κ3) is 5.12. The molecule has 0 aromatic heterocycles. The average Bonchev–Trinajstić information content (AvgIpc) is 2.35. The Labute approximate surface area is 111 Å². The van der Waals surface area contributed by atoms with Gasteiger partial charge in [0.05, 0.1) is 4.92 Å². The summed E-state index contributed by atoms with van der Waals surface area (Å²) in [6.45, 7) is -0.174. The molecule has 0 saturated heterocycles. The maximum Gasteiger partial charge on any atom is 0.405 e. The van der Waals surface area contributed by atoms with Gasteiger partial charge in [-0.05, 0) is 19.1 Å². The highest BCUT2D eigenvalue weighted by Gasteiger charge is 2.29. The average molecular weight is 292 g/mol. The Morgan fingerprint density at radius 1 is 1.40 bits per heavy atom. The highest BCUT2D eigenvalue weighted by atomic mass is 19.4. The Balaban J connectivity index is 2.55. The number of alkyl halides is 3. The lowest BCUT2D eigenvalue weighted by molar-refractivity contribution is -0.384. The molecule has 1 rings (SSSR count). The largest absolute Gasteiger partial charge is 0.481 e. The van der Waals surface area contributed by atoms with E-state index in [1.54, 1.807) is 5.32 Å². The Morgan fingerprint density at radius 2 is 1.95 bits per heavy atom. The summed E-state index contributed by atoms with van der Waals surface area (Å²) < 4.78 is 40.8. The molecule has 0 aliphatic heterocycles. The van der Waals surface area contributed by atoms with Gasteiger partial charge in [0.15, 0.2) is 6.10 Å². The van der Waals surface area contributed by atoms with Crippen molar-refractivity contribution < 1.29 is 27.6 Å². The van der Waals surface area contributed by atoms with Crippen molar-refractivity contribution in [2.45, 2.75) is 19.2 Å². The van der Waals surface area contributed by atoms with Gasteiger partial charge in [-0.15, -0.1) is 0 Å². The van der Waals surface area contributed by atoms with E-state index >= 15 is 0 Å². The van der Waals surface area contributed by atoms with Gasteiger partial charge in [-0.25, -0.2) is 0 Å². The summed E-state index contributed by atoms with van der Waals surface area (Å²) in [7, 11) is 0. The van der Waals surface area contributed by atoms with E-state index in [-0.39, 0.29) is 11.4 Å². The molecular formula is C11H11F3N2O4. The third-order valence-corrected chi connectivity index (χ3v) is 2.19. The predicted octanol–water partition coefficient (Wildman–Crippen LogP) is 2.04. The molecule has 0 aliphatic carbocycles. The number of nitrogens with one attached hydrogen (secondary N) is 1. The van der Waals surface area contributed by atoms with E-state index in [1.807, 2.05) is 0 Å². The number of ether oxygens (including phenoxy) is 1. The van der Waals surface area contributed by atoms with E-state index in [0.29, 0.717) is 0 Å². The highest BCUT2D eigenvalue weighted by molar-refractivity contribution is 5.80. The van der Waals surface area contributed by atoms with Gasteiger partial charge in [-0.3, -0.25) is 14.9 Å². The summed E-state index contributed by atoms with van der Waals surface area (Å²) in [5.74, 6) is -0.786. The summed E-state index contributed by atoms with van der Waals surface area (Å²) in [5, 5.41) is 12.1. The lowest BCUT2D eigenvalue weighted by atomic mass is 10.3. The van der Waals surface area contributed by atoms with E-state index in [0.717, 1.165) is 12.1 Å². The van der Waals surface area contributed by atoms with Crippen LogP contribution in [0.15, 0.2) is 24.3 Å². The van der Waals surface area contributed by atoms with Crippen LogP contribution >= 0.6 is 0 Å². The molecule has 1 amide bonds. The zero-order valence-electron chi connectivity index (χ0n) is 10.3. The minimum Gasteiger partial charge on any atom is -0.481 e. The Kier molecular flexibility index (Phi) is 4.89. The Bertz CT molecular complexity index is 487. The number of hydrogen-bond donors (Lipinski definition) is 1. The standard InChI is InChI=1S/C11H11F3N2O4/c1-7(10(17)15-6-11(12,13)14)20-9-4-2-8(3-5-9)16(18)19/h2-5,7H,6H2,1H3,(H,15,17). The first-order valence-corrected chi connectivity index (χ1v) is 5.44. The number of hydrogen-bond acceptors (Lipinski definition) is 4. The van der Waals surface area contributed by atoms with Crippen molar-refractivity contribution in [2.75, 3.05) is 6.54 Å². The molecule has 1 aromatic carbocycles. The fraction of sp³-hybridized carbons (Fsp3) is 0.364. The summed E-state index contributed by atoms with van der Waals surface area (Å²) in [4.78, 5) is 21.1. The number of rotatable bonds is 5. The zero-order valence-corrected chi connectivity index (χ0v) is 10.3. The first kappa shape index (κ1) is 15.7. The molecule has 0 fully saturated rings. The van der Waals surface area contributed by atoms with Gasteiger partial charge >= 0.3 is 6.18 Å². The van der Waals surface area contributed by atoms with Crippen LogP contribution in [0.2, 0.25) is 0 Å². The maximum absolute atomic E-state index is 11.9. The van der Waals surface area contributed by atoms with Gasteiger partial charge in [0.2, 0.25) is 0 Å². The van der Waals surface area contributed by atoms with E-state index < -0.39 is 29.7 Å². The number of carbonyl (C=O) groups is 1. The molecule has 9 heteroatoms. The third-order valence-electron chi connectivity index (χ3n) is 2.19. The molecule has 0 heterocycles. The molecule has 0 bridgehead atoms. The number of carbonyl (C=O) groups excluding carboxylic acids is 1. The van der Waals surface area contributed by atoms with Gasteiger partial charge in [0.25, 0.3) is 11.6 Å². The maximum atomic E-state index is 11.9. The summed E-state index contributed by atoms with van der Waals surface area (Å²) in [6, 6.07) is 4.84. The smallest absolute Gasteiger partial charge is 0.405 e. The fourth-order valence-electron chi connectivity index (χ4n) is 1.24. The van der Waals surface area contributed by atoms with Gasteiger partial charge in [-0.1, -0.05) is 0 Å². The van der Waals surface area contributed by atoms with Crippen molar-refractivity contribution in [3.05, 3.63) is 34.4 Å². The number of nitrogens with zero attached hydrogens (tertiary/aromatic N) is 1. The van der Waals surface area contributed by atoms with Crippen molar-refractivity contribution in [1.82, 2.24) is 5.32 Å². The fourth-order valence-corrected chi connectivity index (χ4v) is 1.24. The molecule has 1 atom stereocenters. The van der Waals surface area contributed by atoms with Crippen molar-refractivity contribution in [3.63, 3.8) is 0 Å². The van der Waals surface area contributed by atoms with Crippen LogP contribution in [0.1, 0.15) is 6.92 Å². The minimum absolute atomic E-state index is 0.144. The number of benzene rings is 1. The summed E-state index contributed by atoms with van der Waals surface area (Å²) >= 11 is 0. The monoisotopic (exact) mass is 292 g/mol. The lowest BCUT2D eigenvalue weighted by Gasteiger charge is -2.15. The van der Waals surface area contributed by atoms with Crippen LogP contribution < -0.4 is 10.1 Å². The summed E-state index contributed by atoms with van der Waals surface area (Å²) in [5.41, 5.74) is -0.161. The number of non-ortho nitro benzene ring substituents is 1. The van der Waals surface area contributed by atoms with E-state index in [9.17, 15) is 28.1 Å². The second-order valence-corrected chi connectivity index (χ2v) is 3.84. The van der Waals surface area contributed by atoms with Crippen molar-refractivity contribution >= 4 is 11.6 Å². The van der Waals surface area contributed by atoms with Gasteiger partial charge < -0.3 is 10.1 Å². The lowest BCUT2D eigenvalue weighted by Crippen LogP contribution is -2.41. The molecule has 1 N–H and O–H groups in total. The number of halogens is 3. The minimum atomic E-state index is -4.50. The number of nitro groups is 1. The summed E-state index contributed by atoms with van der Waals surface area (Å²) in [6.07, 6.45) is -5.65. The molecule has 0 saturated carbocycles. The molecule has 1 aromatic rings. The number of nitro benzene ring substituents is 1. The molecule has 0 radical (unpaired) electrons. The molecule has 0 spiro atoms. The Morgan fingerprint density at radius 3 is 2.40 bits per heavy atom. The van der Waals surface area contributed by atoms with Crippen LogP contribution in [0.3, 0.4) is 0 Å². The molecule has 110 valence electrons. The van der Waals surface area contributed by atoms with E-state index in [2.05, 4.69) is 0 Å². The van der Waals surface area contributed by atoms with Crippen LogP contribution in [0.4, 0.5) is 18.9 Å². The second kappa shape index (κ2) is 6.22. The molecule has 1 unspecified atom stereocenters. The van der Waals surface area contributed by atoms with Crippen LogP contribution in [0, 0.1) is 10.1 Å². The van der Waals surface area contributed by atoms with Crippen LogP contribution in [-0.4, -0.2) is 29.7 Å². The van der Waals surface area contributed by atoms with E-state index in [4.69, 9.17) is 4.74 Å². The zero-order chi connectivity index (χ0) is 15.3. The molecule has 0 aliphatic rings. The first-order valence-electron chi connectivity index (χ1n) is 5.44. The highest BCUT2D eigenvalue weighted by Crippen LogP contribution is 2.18. The van der Waals surface area contributed by atoms with E-state index in [1.165, 1.54) is 19.1 Å². The number of amides is 1. The normalized spacial score (nSPS) is 12.6. The second-order valence-electron chi connectivity index (χ2n) is 3.84. The van der Waals surface area contributed by atoms with Crippen LogP contribution in [0.25, 0.3) is 0 Å². The quantitative estimate of drug-likeness (QED) is 0.665. The van der Waals surface area contributed by atoms with Gasteiger partial charge in [0.1, 0.15) is 12.3 Å². The van der Waals surface area contributed by atoms with Crippen molar-refractivity contribution in [3.8, 4) is 5.75 Å². The predicted molar refractivity (Wildman–Crippen MR) is 62.3 cm³/mol. The molecule has 6 nitrogen and oxygen atoms in total. The first-order chi connectivity index (χ1) is 9.19.